The van der Waals surface area contributed by atoms with Gasteiger partial charge in [0, 0.05) is 16.8 Å². The number of hydrogen-bond donors (Lipinski definition) is 1. The van der Waals surface area contributed by atoms with E-state index in [1.165, 1.54) is 4.88 Å². The highest BCUT2D eigenvalue weighted by Gasteiger charge is 2.20. The highest BCUT2D eigenvalue weighted by Crippen LogP contribution is 2.30. The second-order valence-electron chi connectivity index (χ2n) is 3.64. The van der Waals surface area contributed by atoms with Crippen LogP contribution in [-0.2, 0) is 0 Å². The Morgan fingerprint density at radius 1 is 1.33 bits per heavy atom. The molecule has 1 nitrogen and oxygen atoms in total. The van der Waals surface area contributed by atoms with Crippen LogP contribution in [0.15, 0.2) is 17.5 Å². The molecule has 0 aromatic carbocycles. The van der Waals surface area contributed by atoms with E-state index in [-0.39, 0.29) is 6.04 Å². The third kappa shape index (κ3) is 2.08. The fourth-order valence-electron chi connectivity index (χ4n) is 1.68. The van der Waals surface area contributed by atoms with Crippen molar-refractivity contribution in [3.63, 3.8) is 0 Å². The maximum absolute atomic E-state index is 5.94. The van der Waals surface area contributed by atoms with E-state index in [0.717, 1.165) is 0 Å². The van der Waals surface area contributed by atoms with Gasteiger partial charge in [-0.2, -0.15) is 0 Å². The fraction of sp³-hybridized carbons (Fsp3) is 0.600. The van der Waals surface area contributed by atoms with E-state index in [2.05, 4.69) is 38.3 Å². The second kappa shape index (κ2) is 4.06. The van der Waals surface area contributed by atoms with Crippen molar-refractivity contribution in [1.82, 2.24) is 0 Å². The van der Waals surface area contributed by atoms with E-state index in [4.69, 9.17) is 5.73 Å². The predicted octanol–water partition coefficient (Wildman–Crippen LogP) is 2.83. The summed E-state index contributed by atoms with van der Waals surface area (Å²) in [6.07, 6.45) is 0. The Hall–Kier alpha value is -0.340. The van der Waals surface area contributed by atoms with Gasteiger partial charge in [0.2, 0.25) is 0 Å². The van der Waals surface area contributed by atoms with Gasteiger partial charge in [0.25, 0.3) is 0 Å². The number of hydrogen-bond acceptors (Lipinski definition) is 2. The molecule has 1 rings (SSSR count). The molecule has 12 heavy (non-hydrogen) atoms. The second-order valence-corrected chi connectivity index (χ2v) is 4.62. The quantitative estimate of drug-likeness (QED) is 0.766. The van der Waals surface area contributed by atoms with Gasteiger partial charge >= 0.3 is 0 Å². The Labute approximate surface area is 78.6 Å². The molecule has 0 saturated heterocycles. The molecule has 2 N–H and O–H groups in total. The van der Waals surface area contributed by atoms with Crippen molar-refractivity contribution in [2.45, 2.75) is 32.7 Å². The molecule has 0 spiro atoms. The van der Waals surface area contributed by atoms with Crippen LogP contribution in [0.25, 0.3) is 0 Å². The van der Waals surface area contributed by atoms with Crippen LogP contribution >= 0.6 is 11.3 Å². The predicted molar refractivity (Wildman–Crippen MR) is 55.5 cm³/mol. The molecule has 0 aliphatic carbocycles. The molecule has 2 atom stereocenters. The first-order valence-electron chi connectivity index (χ1n) is 4.42. The Morgan fingerprint density at radius 2 is 2.00 bits per heavy atom. The zero-order valence-corrected chi connectivity index (χ0v) is 8.77. The molecule has 1 aromatic heterocycles. The smallest absolute Gasteiger partial charge is 0.0105 e. The largest absolute Gasteiger partial charge is 0.327 e. The Bertz CT molecular complexity index is 206. The summed E-state index contributed by atoms with van der Waals surface area (Å²) in [6.45, 7) is 6.55. The van der Waals surface area contributed by atoms with Crippen LogP contribution < -0.4 is 5.73 Å². The average Bonchev–Trinajstić information content (AvgIpc) is 2.37. The first-order chi connectivity index (χ1) is 5.63. The third-order valence-corrected chi connectivity index (χ3v) is 3.13. The van der Waals surface area contributed by atoms with Gasteiger partial charge in [-0.25, -0.2) is 0 Å². The summed E-state index contributed by atoms with van der Waals surface area (Å²) in [7, 11) is 0. The molecule has 0 radical (unpaired) electrons. The molecule has 2 unspecified atom stereocenters. The van der Waals surface area contributed by atoms with Crippen LogP contribution in [0, 0.1) is 5.92 Å². The molecule has 0 fully saturated rings. The van der Waals surface area contributed by atoms with Crippen LogP contribution in [-0.4, -0.2) is 6.04 Å². The van der Waals surface area contributed by atoms with Gasteiger partial charge in [0.1, 0.15) is 0 Å². The summed E-state index contributed by atoms with van der Waals surface area (Å²) < 4.78 is 0. The van der Waals surface area contributed by atoms with Crippen molar-refractivity contribution in [3.8, 4) is 0 Å². The average molecular weight is 183 g/mol. The summed E-state index contributed by atoms with van der Waals surface area (Å²) in [5.41, 5.74) is 5.94. The maximum Gasteiger partial charge on any atom is 0.0105 e. The molecule has 0 saturated carbocycles. The van der Waals surface area contributed by atoms with Crippen molar-refractivity contribution >= 4 is 11.3 Å². The van der Waals surface area contributed by atoms with Gasteiger partial charge in [0.15, 0.2) is 0 Å². The molecule has 1 aromatic rings. The summed E-state index contributed by atoms with van der Waals surface area (Å²) in [5.74, 6) is 1.15. The van der Waals surface area contributed by atoms with E-state index >= 15 is 0 Å². The minimum absolute atomic E-state index is 0.253. The Kier molecular flexibility index (Phi) is 3.29. The van der Waals surface area contributed by atoms with Crippen molar-refractivity contribution < 1.29 is 0 Å². The lowest BCUT2D eigenvalue weighted by Gasteiger charge is -2.23. The third-order valence-electron chi connectivity index (χ3n) is 2.16. The zero-order valence-electron chi connectivity index (χ0n) is 7.95. The van der Waals surface area contributed by atoms with Gasteiger partial charge in [0.05, 0.1) is 0 Å². The summed E-state index contributed by atoms with van der Waals surface area (Å²) >= 11 is 1.81. The molecule has 1 heterocycles. The van der Waals surface area contributed by atoms with Gasteiger partial charge in [-0.1, -0.05) is 19.9 Å². The highest BCUT2D eigenvalue weighted by molar-refractivity contribution is 7.10. The minimum Gasteiger partial charge on any atom is -0.327 e. The molecule has 0 bridgehead atoms. The summed E-state index contributed by atoms with van der Waals surface area (Å²) in [4.78, 5) is 1.42. The lowest BCUT2D eigenvalue weighted by atomic mass is 9.88. The lowest BCUT2D eigenvalue weighted by Crippen LogP contribution is -2.27. The van der Waals surface area contributed by atoms with Gasteiger partial charge in [-0.05, 0) is 24.3 Å². The maximum atomic E-state index is 5.94. The Morgan fingerprint density at radius 3 is 2.33 bits per heavy atom. The monoisotopic (exact) mass is 183 g/mol. The molecular formula is C10H17NS. The molecule has 0 aliphatic heterocycles. The van der Waals surface area contributed by atoms with Crippen molar-refractivity contribution in [3.05, 3.63) is 22.4 Å². The first kappa shape index (κ1) is 9.75. The van der Waals surface area contributed by atoms with Gasteiger partial charge in [-0.15, -0.1) is 11.3 Å². The molecule has 2 heteroatoms. The number of thiophene rings is 1. The molecule has 68 valence electrons. The standard InChI is InChI=1S/C10H17NS/c1-7(2)10(8(3)11)9-5-4-6-12-9/h4-8,10H,11H2,1-3H3. The topological polar surface area (TPSA) is 26.0 Å². The van der Waals surface area contributed by atoms with E-state index < -0.39 is 0 Å². The van der Waals surface area contributed by atoms with Crippen molar-refractivity contribution in [1.29, 1.82) is 0 Å². The molecule has 0 amide bonds. The Balaban J connectivity index is 2.81. The van der Waals surface area contributed by atoms with Crippen LogP contribution in [0.5, 0.6) is 0 Å². The van der Waals surface area contributed by atoms with E-state index in [1.54, 1.807) is 0 Å². The van der Waals surface area contributed by atoms with Crippen LogP contribution in [0.1, 0.15) is 31.6 Å². The van der Waals surface area contributed by atoms with Crippen LogP contribution in [0.3, 0.4) is 0 Å². The van der Waals surface area contributed by atoms with E-state index in [0.29, 0.717) is 11.8 Å². The highest BCUT2D eigenvalue weighted by atomic mass is 32.1. The number of nitrogens with two attached hydrogens (primary N) is 1. The van der Waals surface area contributed by atoms with Crippen LogP contribution in [0.2, 0.25) is 0 Å². The van der Waals surface area contributed by atoms with E-state index in [9.17, 15) is 0 Å². The normalized spacial score (nSPS) is 16.4. The van der Waals surface area contributed by atoms with Gasteiger partial charge < -0.3 is 5.73 Å². The zero-order chi connectivity index (χ0) is 9.14. The first-order valence-corrected chi connectivity index (χ1v) is 5.30. The van der Waals surface area contributed by atoms with E-state index in [1.807, 2.05) is 11.3 Å². The molecule has 0 aliphatic rings. The number of rotatable bonds is 3. The van der Waals surface area contributed by atoms with Gasteiger partial charge in [-0.3, -0.25) is 0 Å². The minimum atomic E-state index is 0.253. The van der Waals surface area contributed by atoms with Crippen molar-refractivity contribution in [2.24, 2.45) is 11.7 Å². The van der Waals surface area contributed by atoms with Crippen molar-refractivity contribution in [2.75, 3.05) is 0 Å². The fourth-order valence-corrected chi connectivity index (χ4v) is 2.79. The SMILES string of the molecule is CC(C)C(c1cccs1)C(C)N. The lowest BCUT2D eigenvalue weighted by molar-refractivity contribution is 0.442. The summed E-state index contributed by atoms with van der Waals surface area (Å²) in [6, 6.07) is 4.53. The molecular weight excluding hydrogens is 166 g/mol. The summed E-state index contributed by atoms with van der Waals surface area (Å²) in [5, 5.41) is 2.12. The van der Waals surface area contributed by atoms with Crippen LogP contribution in [0.4, 0.5) is 0 Å².